The molecule has 1 aliphatic rings. The molecule has 0 aromatic heterocycles. The van der Waals surface area contributed by atoms with Crippen LogP contribution >= 0.6 is 15.9 Å². The van der Waals surface area contributed by atoms with Crippen molar-refractivity contribution >= 4 is 25.8 Å². The van der Waals surface area contributed by atoms with Gasteiger partial charge in [-0.05, 0) is 29.8 Å². The highest BCUT2D eigenvalue weighted by Crippen LogP contribution is 2.55. The molecule has 2 aromatic carbocycles. The summed E-state index contributed by atoms with van der Waals surface area (Å²) in [6.45, 7) is 0. The molecule has 6 heteroatoms. The van der Waals surface area contributed by atoms with Crippen molar-refractivity contribution in [3.8, 4) is 6.07 Å². The maximum absolute atomic E-state index is 12.8. The molecule has 2 N–H and O–H groups in total. The van der Waals surface area contributed by atoms with Gasteiger partial charge in [0.05, 0.1) is 11.0 Å². The van der Waals surface area contributed by atoms with E-state index in [0.717, 1.165) is 10.0 Å². The van der Waals surface area contributed by atoms with Gasteiger partial charge in [0, 0.05) is 10.4 Å². The van der Waals surface area contributed by atoms with Crippen LogP contribution in [0, 0.1) is 11.3 Å². The fourth-order valence-corrected chi connectivity index (χ4v) is 5.29. The van der Waals surface area contributed by atoms with E-state index in [4.69, 9.17) is 5.73 Å². The minimum Gasteiger partial charge on any atom is -0.312 e. The van der Waals surface area contributed by atoms with Crippen molar-refractivity contribution in [3.05, 3.63) is 64.6 Å². The van der Waals surface area contributed by atoms with E-state index in [9.17, 15) is 13.7 Å². The minimum atomic E-state index is -3.65. The Kier molecular flexibility index (Phi) is 3.60. The van der Waals surface area contributed by atoms with Crippen molar-refractivity contribution in [3.63, 3.8) is 0 Å². The number of hydrogen-bond donors (Lipinski definition) is 1. The maximum atomic E-state index is 12.8. The molecule has 0 unspecified atom stereocenters. The summed E-state index contributed by atoms with van der Waals surface area (Å²) >= 11 is 3.34. The van der Waals surface area contributed by atoms with E-state index in [-0.39, 0.29) is 4.90 Å². The third-order valence-electron chi connectivity index (χ3n) is 4.01. The normalized spacial score (nSPS) is 27.1. The number of hydrogen-bond acceptors (Lipinski definition) is 4. The van der Waals surface area contributed by atoms with Gasteiger partial charge in [-0.15, -0.1) is 0 Å². The Morgan fingerprint density at radius 2 is 1.68 bits per heavy atom. The first-order chi connectivity index (χ1) is 10.4. The van der Waals surface area contributed by atoms with E-state index in [1.807, 2.05) is 18.2 Å². The standard InChI is InChI=1S/C16H13BrN2O2S/c17-12-8-6-11(7-9-12)14-15(16(14,19)10-18)22(20,21)13-4-2-1-3-5-13/h1-9,14-15H,19H2/t14-,15+,16-/m1/s1. The molecule has 4 nitrogen and oxygen atoms in total. The number of benzene rings is 2. The highest BCUT2D eigenvalue weighted by atomic mass is 79.9. The van der Waals surface area contributed by atoms with Crippen LogP contribution in [0.1, 0.15) is 11.5 Å². The molecule has 2 aromatic rings. The van der Waals surface area contributed by atoms with Crippen molar-refractivity contribution in [1.29, 1.82) is 5.26 Å². The SMILES string of the molecule is N#C[C@@]1(N)[C@H](c2ccc(Br)cc2)[C@@H]1S(=O)(=O)c1ccccc1. The Labute approximate surface area is 137 Å². The highest BCUT2D eigenvalue weighted by molar-refractivity contribution is 9.10. The molecule has 3 atom stereocenters. The van der Waals surface area contributed by atoms with Crippen LogP contribution in [0.15, 0.2) is 64.0 Å². The first-order valence-electron chi connectivity index (χ1n) is 6.66. The molecule has 0 radical (unpaired) electrons. The average Bonchev–Trinajstić information content (AvgIpc) is 3.17. The smallest absolute Gasteiger partial charge is 0.184 e. The molecule has 0 heterocycles. The third kappa shape index (κ3) is 2.26. The molecule has 0 aliphatic heterocycles. The summed E-state index contributed by atoms with van der Waals surface area (Å²) < 4.78 is 26.4. The van der Waals surface area contributed by atoms with Crippen LogP contribution in [0.4, 0.5) is 0 Å². The molecule has 1 aliphatic carbocycles. The predicted octanol–water partition coefficient (Wildman–Crippen LogP) is 2.61. The Morgan fingerprint density at radius 3 is 2.23 bits per heavy atom. The number of halogens is 1. The Balaban J connectivity index is 2.04. The van der Waals surface area contributed by atoms with Gasteiger partial charge in [-0.2, -0.15) is 5.26 Å². The Bertz CT molecular complexity index is 844. The summed E-state index contributed by atoms with van der Waals surface area (Å²) in [7, 11) is -3.65. The average molecular weight is 377 g/mol. The number of nitrogens with zero attached hydrogens (tertiary/aromatic N) is 1. The van der Waals surface area contributed by atoms with E-state index in [0.29, 0.717) is 0 Å². The fraction of sp³-hybridized carbons (Fsp3) is 0.188. The molecular formula is C16H13BrN2O2S. The molecule has 0 saturated heterocycles. The van der Waals surface area contributed by atoms with Crippen molar-refractivity contribution < 1.29 is 8.42 Å². The summed E-state index contributed by atoms with van der Waals surface area (Å²) in [5.74, 6) is -0.518. The van der Waals surface area contributed by atoms with E-state index >= 15 is 0 Å². The second kappa shape index (κ2) is 5.20. The van der Waals surface area contributed by atoms with Gasteiger partial charge in [0.15, 0.2) is 9.84 Å². The summed E-state index contributed by atoms with van der Waals surface area (Å²) in [6, 6.07) is 17.4. The third-order valence-corrected chi connectivity index (χ3v) is 6.80. The van der Waals surface area contributed by atoms with Crippen LogP contribution in [0.5, 0.6) is 0 Å². The number of nitrogens with two attached hydrogens (primary N) is 1. The maximum Gasteiger partial charge on any atom is 0.184 e. The molecular weight excluding hydrogens is 364 g/mol. The van der Waals surface area contributed by atoms with E-state index in [1.54, 1.807) is 30.3 Å². The van der Waals surface area contributed by atoms with Crippen molar-refractivity contribution in [2.45, 2.75) is 21.6 Å². The molecule has 1 fully saturated rings. The van der Waals surface area contributed by atoms with Crippen LogP contribution in [0.2, 0.25) is 0 Å². The number of nitriles is 1. The van der Waals surface area contributed by atoms with Gasteiger partial charge >= 0.3 is 0 Å². The highest BCUT2D eigenvalue weighted by Gasteiger charge is 2.70. The zero-order valence-electron chi connectivity index (χ0n) is 11.5. The predicted molar refractivity (Wildman–Crippen MR) is 86.8 cm³/mol. The van der Waals surface area contributed by atoms with Crippen molar-refractivity contribution in [2.75, 3.05) is 0 Å². The van der Waals surface area contributed by atoms with Gasteiger partial charge in [-0.25, -0.2) is 8.42 Å². The first kappa shape index (κ1) is 15.2. The molecule has 0 spiro atoms. The lowest BCUT2D eigenvalue weighted by molar-refractivity contribution is 0.592. The van der Waals surface area contributed by atoms with E-state index in [2.05, 4.69) is 15.9 Å². The van der Waals surface area contributed by atoms with Gasteiger partial charge in [0.1, 0.15) is 10.8 Å². The molecule has 1 saturated carbocycles. The lowest BCUT2D eigenvalue weighted by Crippen LogP contribution is -2.29. The summed E-state index contributed by atoms with van der Waals surface area (Å²) in [5, 5.41) is 8.46. The quantitative estimate of drug-likeness (QED) is 0.891. The molecule has 0 bridgehead atoms. The fourth-order valence-electron chi connectivity index (χ4n) is 2.82. The van der Waals surface area contributed by atoms with Gasteiger partial charge in [-0.1, -0.05) is 46.3 Å². The number of rotatable bonds is 3. The van der Waals surface area contributed by atoms with Crippen LogP contribution in [-0.2, 0) is 9.84 Å². The minimum absolute atomic E-state index is 0.199. The lowest BCUT2D eigenvalue weighted by atomic mass is 10.1. The Hall–Kier alpha value is -1.68. The van der Waals surface area contributed by atoms with Crippen LogP contribution in [0.25, 0.3) is 0 Å². The first-order valence-corrected chi connectivity index (χ1v) is 9.00. The van der Waals surface area contributed by atoms with Crippen molar-refractivity contribution in [1.82, 2.24) is 0 Å². The monoisotopic (exact) mass is 376 g/mol. The topological polar surface area (TPSA) is 83.9 Å². The van der Waals surface area contributed by atoms with E-state index in [1.165, 1.54) is 12.1 Å². The summed E-state index contributed by atoms with van der Waals surface area (Å²) in [4.78, 5) is 0.199. The van der Waals surface area contributed by atoms with Gasteiger partial charge in [-0.3, -0.25) is 0 Å². The van der Waals surface area contributed by atoms with Crippen LogP contribution in [0.3, 0.4) is 0 Å². The van der Waals surface area contributed by atoms with Crippen LogP contribution < -0.4 is 5.73 Å². The zero-order chi connectivity index (χ0) is 16.0. The number of sulfone groups is 1. The zero-order valence-corrected chi connectivity index (χ0v) is 13.9. The second-order valence-electron chi connectivity index (χ2n) is 5.35. The molecule has 0 amide bonds. The van der Waals surface area contributed by atoms with Crippen molar-refractivity contribution in [2.24, 2.45) is 5.73 Å². The Morgan fingerprint density at radius 1 is 1.09 bits per heavy atom. The van der Waals surface area contributed by atoms with Crippen LogP contribution in [-0.4, -0.2) is 19.2 Å². The summed E-state index contributed by atoms with van der Waals surface area (Å²) in [6.07, 6.45) is 0. The largest absolute Gasteiger partial charge is 0.312 e. The van der Waals surface area contributed by atoms with Gasteiger partial charge in [0.2, 0.25) is 0 Å². The molecule has 112 valence electrons. The molecule has 22 heavy (non-hydrogen) atoms. The van der Waals surface area contributed by atoms with Gasteiger partial charge in [0.25, 0.3) is 0 Å². The van der Waals surface area contributed by atoms with Gasteiger partial charge < -0.3 is 5.73 Å². The lowest BCUT2D eigenvalue weighted by Gasteiger charge is -2.04. The molecule has 3 rings (SSSR count). The second-order valence-corrected chi connectivity index (χ2v) is 8.34. The summed E-state index contributed by atoms with van der Waals surface area (Å²) in [5.41, 5.74) is 5.45. The van der Waals surface area contributed by atoms with E-state index < -0.39 is 26.5 Å².